The molecule has 0 saturated carbocycles. The number of halogens is 2. The van der Waals surface area contributed by atoms with E-state index in [1.165, 1.54) is 15.6 Å². The number of benzene rings is 2. The van der Waals surface area contributed by atoms with Gasteiger partial charge in [0.25, 0.3) is 0 Å². The number of rotatable bonds is 4. The number of fused-ring (bicyclic) bond motifs is 1. The summed E-state index contributed by atoms with van der Waals surface area (Å²) in [5.41, 5.74) is 5.07. The Morgan fingerprint density at radius 3 is 2.71 bits per heavy atom. The first-order valence-electron chi connectivity index (χ1n) is 6.56. The van der Waals surface area contributed by atoms with Crippen LogP contribution in [0.15, 0.2) is 47.8 Å². The Kier molecular flexibility index (Phi) is 4.48. The lowest BCUT2D eigenvalue weighted by molar-refractivity contribution is 0.557. The predicted octanol–water partition coefficient (Wildman–Crippen LogP) is 4.96. The molecule has 0 radical (unpaired) electrons. The van der Waals surface area contributed by atoms with Crippen LogP contribution < -0.4 is 11.3 Å². The van der Waals surface area contributed by atoms with E-state index in [4.69, 9.17) is 29.0 Å². The Balaban J connectivity index is 1.97. The van der Waals surface area contributed by atoms with E-state index >= 15 is 0 Å². The second-order valence-electron chi connectivity index (χ2n) is 4.82. The van der Waals surface area contributed by atoms with Crippen molar-refractivity contribution in [3.05, 3.63) is 69.0 Å². The molecule has 0 aliphatic heterocycles. The molecule has 1 aromatic heterocycles. The molecule has 1 unspecified atom stereocenters. The molecule has 5 heteroatoms. The van der Waals surface area contributed by atoms with Gasteiger partial charge in [-0.2, -0.15) is 0 Å². The molecule has 108 valence electrons. The molecular weight excluding hydrogens is 323 g/mol. The van der Waals surface area contributed by atoms with Gasteiger partial charge in [0.2, 0.25) is 0 Å². The van der Waals surface area contributed by atoms with Crippen LogP contribution in [-0.4, -0.2) is 0 Å². The molecule has 2 nitrogen and oxygen atoms in total. The molecule has 0 fully saturated rings. The minimum Gasteiger partial charge on any atom is -0.271 e. The van der Waals surface area contributed by atoms with Gasteiger partial charge in [0.05, 0.1) is 16.1 Å². The maximum atomic E-state index is 6.28. The normalized spacial score (nSPS) is 12.7. The lowest BCUT2D eigenvalue weighted by atomic mass is 9.99. The Labute approximate surface area is 137 Å². The van der Waals surface area contributed by atoms with Crippen LogP contribution >= 0.6 is 34.5 Å². The molecule has 1 heterocycles. The summed E-state index contributed by atoms with van der Waals surface area (Å²) in [5, 5.41) is 4.54. The van der Waals surface area contributed by atoms with E-state index in [-0.39, 0.29) is 6.04 Å². The highest BCUT2D eigenvalue weighted by Gasteiger charge is 2.17. The first-order valence-corrected chi connectivity index (χ1v) is 8.19. The second kappa shape index (κ2) is 6.34. The maximum absolute atomic E-state index is 6.28. The third-order valence-electron chi connectivity index (χ3n) is 3.54. The Morgan fingerprint density at radius 1 is 1.10 bits per heavy atom. The van der Waals surface area contributed by atoms with Crippen molar-refractivity contribution in [1.29, 1.82) is 0 Å². The summed E-state index contributed by atoms with van der Waals surface area (Å²) in [6.07, 6.45) is 0.691. The van der Waals surface area contributed by atoms with Crippen molar-refractivity contribution in [2.24, 2.45) is 5.84 Å². The van der Waals surface area contributed by atoms with Gasteiger partial charge in [0.15, 0.2) is 0 Å². The average Bonchev–Trinajstić information content (AvgIpc) is 2.93. The van der Waals surface area contributed by atoms with Crippen molar-refractivity contribution in [2.45, 2.75) is 12.5 Å². The summed E-state index contributed by atoms with van der Waals surface area (Å²) in [7, 11) is 0. The molecule has 2 aromatic carbocycles. The van der Waals surface area contributed by atoms with Crippen molar-refractivity contribution >= 4 is 44.6 Å². The fourth-order valence-electron chi connectivity index (χ4n) is 2.45. The fourth-order valence-corrected chi connectivity index (χ4v) is 3.87. The van der Waals surface area contributed by atoms with Crippen molar-refractivity contribution in [3.8, 4) is 0 Å². The molecule has 0 aliphatic rings. The summed E-state index contributed by atoms with van der Waals surface area (Å²) in [5.74, 6) is 5.77. The van der Waals surface area contributed by atoms with Crippen molar-refractivity contribution in [2.75, 3.05) is 0 Å². The van der Waals surface area contributed by atoms with Crippen LogP contribution in [0.3, 0.4) is 0 Å². The lowest BCUT2D eigenvalue weighted by Gasteiger charge is -2.17. The van der Waals surface area contributed by atoms with E-state index in [0.717, 1.165) is 5.56 Å². The first kappa shape index (κ1) is 14.8. The Bertz CT molecular complexity index is 770. The molecule has 3 N–H and O–H groups in total. The average molecular weight is 337 g/mol. The van der Waals surface area contributed by atoms with Gasteiger partial charge in [0, 0.05) is 4.70 Å². The Hall–Kier alpha value is -1.10. The summed E-state index contributed by atoms with van der Waals surface area (Å²) in [6.45, 7) is 0. The van der Waals surface area contributed by atoms with Gasteiger partial charge in [-0.1, -0.05) is 53.5 Å². The molecule has 3 aromatic rings. The fraction of sp³-hybridized carbons (Fsp3) is 0.125. The van der Waals surface area contributed by atoms with Crippen LogP contribution in [-0.2, 0) is 6.42 Å². The molecule has 0 spiro atoms. The van der Waals surface area contributed by atoms with Crippen molar-refractivity contribution in [1.82, 2.24) is 5.43 Å². The van der Waals surface area contributed by atoms with Gasteiger partial charge in [-0.05, 0) is 40.4 Å². The van der Waals surface area contributed by atoms with Gasteiger partial charge < -0.3 is 0 Å². The van der Waals surface area contributed by atoms with E-state index in [0.29, 0.717) is 16.5 Å². The number of hydrogen-bond acceptors (Lipinski definition) is 3. The van der Waals surface area contributed by atoms with Crippen LogP contribution in [0, 0.1) is 0 Å². The van der Waals surface area contributed by atoms with Crippen LogP contribution in [0.2, 0.25) is 10.0 Å². The minimum atomic E-state index is -0.00267. The van der Waals surface area contributed by atoms with E-state index in [2.05, 4.69) is 22.9 Å². The zero-order valence-corrected chi connectivity index (χ0v) is 13.5. The molecule has 0 aliphatic carbocycles. The van der Waals surface area contributed by atoms with E-state index < -0.39 is 0 Å². The lowest BCUT2D eigenvalue weighted by Crippen LogP contribution is -2.29. The van der Waals surface area contributed by atoms with Crippen LogP contribution in [0.5, 0.6) is 0 Å². The number of hydrazine groups is 1. The minimum absolute atomic E-state index is 0.00267. The van der Waals surface area contributed by atoms with Gasteiger partial charge >= 0.3 is 0 Å². The van der Waals surface area contributed by atoms with E-state index in [1.54, 1.807) is 17.4 Å². The van der Waals surface area contributed by atoms with Crippen LogP contribution in [0.25, 0.3) is 10.1 Å². The predicted molar refractivity (Wildman–Crippen MR) is 92.1 cm³/mol. The zero-order chi connectivity index (χ0) is 14.8. The van der Waals surface area contributed by atoms with E-state index in [1.807, 2.05) is 24.3 Å². The van der Waals surface area contributed by atoms with Gasteiger partial charge in [-0.3, -0.25) is 11.3 Å². The Morgan fingerprint density at radius 2 is 1.90 bits per heavy atom. The molecule has 0 saturated heterocycles. The van der Waals surface area contributed by atoms with Crippen LogP contribution in [0.4, 0.5) is 0 Å². The highest BCUT2D eigenvalue weighted by molar-refractivity contribution is 7.17. The highest BCUT2D eigenvalue weighted by Crippen LogP contribution is 2.34. The van der Waals surface area contributed by atoms with Gasteiger partial charge in [-0.25, -0.2) is 0 Å². The van der Waals surface area contributed by atoms with Crippen LogP contribution in [0.1, 0.15) is 17.2 Å². The monoisotopic (exact) mass is 336 g/mol. The molecule has 0 bridgehead atoms. The van der Waals surface area contributed by atoms with Gasteiger partial charge in [-0.15, -0.1) is 11.3 Å². The number of nitrogens with one attached hydrogen (secondary N) is 1. The molecule has 1 atom stereocenters. The summed E-state index contributed by atoms with van der Waals surface area (Å²) in [6, 6.07) is 14.0. The zero-order valence-electron chi connectivity index (χ0n) is 11.1. The molecular formula is C16H14Cl2N2S. The summed E-state index contributed by atoms with van der Waals surface area (Å²) in [4.78, 5) is 0. The smallest absolute Gasteiger partial charge is 0.0624 e. The molecule has 3 rings (SSSR count). The summed E-state index contributed by atoms with van der Waals surface area (Å²) >= 11 is 14.1. The van der Waals surface area contributed by atoms with Crippen molar-refractivity contribution < 1.29 is 0 Å². The van der Waals surface area contributed by atoms with Crippen molar-refractivity contribution in [3.63, 3.8) is 0 Å². The standard InChI is InChI=1S/C16H14Cl2N2S/c17-13-6-3-4-10(16(13)18)8-14(20-19)12-9-21-15-7-2-1-5-11(12)15/h1-7,9,14,20H,8,19H2. The number of hydrogen-bond donors (Lipinski definition) is 2. The summed E-state index contributed by atoms with van der Waals surface area (Å²) < 4.78 is 1.25. The quantitative estimate of drug-likeness (QED) is 0.522. The highest BCUT2D eigenvalue weighted by atomic mass is 35.5. The third kappa shape index (κ3) is 2.93. The maximum Gasteiger partial charge on any atom is 0.0624 e. The SMILES string of the molecule is NNC(Cc1cccc(Cl)c1Cl)c1csc2ccccc12. The topological polar surface area (TPSA) is 38.0 Å². The number of nitrogens with two attached hydrogens (primary N) is 1. The first-order chi connectivity index (χ1) is 10.2. The largest absolute Gasteiger partial charge is 0.271 e. The molecule has 21 heavy (non-hydrogen) atoms. The second-order valence-corrected chi connectivity index (χ2v) is 6.52. The van der Waals surface area contributed by atoms with Gasteiger partial charge in [0.1, 0.15) is 0 Å². The molecule has 0 amide bonds. The number of thiophene rings is 1. The van der Waals surface area contributed by atoms with E-state index in [9.17, 15) is 0 Å². The third-order valence-corrected chi connectivity index (χ3v) is 5.38.